The molecule has 1 unspecified atom stereocenters. The van der Waals surface area contributed by atoms with Crippen molar-refractivity contribution >= 4 is 77.7 Å². The predicted octanol–water partition coefficient (Wildman–Crippen LogP) is 7.65. The molecule has 5 aromatic heterocycles. The summed E-state index contributed by atoms with van der Waals surface area (Å²) in [7, 11) is 0. The van der Waals surface area contributed by atoms with Crippen LogP contribution in [-0.4, -0.2) is 55.8 Å². The minimum atomic E-state index is -0.403. The zero-order chi connectivity index (χ0) is 34.9. The lowest BCUT2D eigenvalue weighted by molar-refractivity contribution is 1.05. The Bertz CT molecular complexity index is 3100. The number of aromatic nitrogens is 10. The average molecular weight is 682 g/mol. The maximum Gasteiger partial charge on any atom is 0.181 e. The van der Waals surface area contributed by atoms with Gasteiger partial charge in [-0.25, -0.2) is 34.9 Å². The Hall–Kier alpha value is -7.53. The predicted molar refractivity (Wildman–Crippen MR) is 204 cm³/mol. The van der Waals surface area contributed by atoms with E-state index in [9.17, 15) is 0 Å². The second-order valence-electron chi connectivity index (χ2n) is 12.8. The molecule has 0 fully saturated rings. The maximum absolute atomic E-state index is 5.34. The number of hydrogen-bond acceptors (Lipinski definition) is 11. The van der Waals surface area contributed by atoms with Crippen molar-refractivity contribution in [3.8, 4) is 0 Å². The highest BCUT2D eigenvalue weighted by Gasteiger charge is 2.44. The summed E-state index contributed by atoms with van der Waals surface area (Å²) in [5.41, 5.74) is 10.9. The van der Waals surface area contributed by atoms with E-state index in [0.29, 0.717) is 50.9 Å². The molecule has 246 valence electrons. The fraction of sp³-hybridized carbons (Fsp3) is 0.0238. The van der Waals surface area contributed by atoms with Gasteiger partial charge in [0.1, 0.15) is 5.52 Å². The van der Waals surface area contributed by atoms with Crippen LogP contribution in [-0.2, 0) is 0 Å². The van der Waals surface area contributed by atoms with Crippen molar-refractivity contribution in [2.75, 3.05) is 0 Å². The van der Waals surface area contributed by atoms with Gasteiger partial charge < -0.3 is 0 Å². The molecule has 9 aromatic rings. The lowest BCUT2D eigenvalue weighted by Crippen LogP contribution is -2.23. The summed E-state index contributed by atoms with van der Waals surface area (Å²) in [6, 6.07) is 33.9. The van der Waals surface area contributed by atoms with Crippen LogP contribution < -0.4 is 0 Å². The first-order valence-corrected chi connectivity index (χ1v) is 17.0. The lowest BCUT2D eigenvalue weighted by Gasteiger charge is -2.30. The summed E-state index contributed by atoms with van der Waals surface area (Å²) >= 11 is 0. The van der Waals surface area contributed by atoms with Gasteiger partial charge in [-0.15, -0.1) is 10.2 Å². The van der Waals surface area contributed by atoms with E-state index in [0.717, 1.165) is 55.4 Å². The van der Waals surface area contributed by atoms with Gasteiger partial charge in [0, 0.05) is 46.1 Å². The number of fused-ring (bicyclic) bond motifs is 7. The lowest BCUT2D eigenvalue weighted by atomic mass is 9.72. The molecule has 53 heavy (non-hydrogen) atoms. The van der Waals surface area contributed by atoms with E-state index in [1.807, 2.05) is 109 Å². The summed E-state index contributed by atoms with van der Waals surface area (Å²) in [4.78, 5) is 44.7. The molecular formula is C42H23N11. The zero-order valence-corrected chi connectivity index (χ0v) is 27.7. The molecule has 6 heterocycles. The first-order chi connectivity index (χ1) is 26.3. The van der Waals surface area contributed by atoms with Gasteiger partial charge in [-0.3, -0.25) is 9.98 Å². The normalized spacial score (nSPS) is 15.3. The Balaban J connectivity index is 1.34. The fourth-order valence-electron chi connectivity index (χ4n) is 7.37. The highest BCUT2D eigenvalue weighted by molar-refractivity contribution is 6.46. The van der Waals surface area contributed by atoms with Crippen molar-refractivity contribution in [2.24, 2.45) is 4.99 Å². The second kappa shape index (κ2) is 11.5. The molecule has 0 N–H and O–H groups in total. The van der Waals surface area contributed by atoms with Gasteiger partial charge in [-0.2, -0.15) is 0 Å². The van der Waals surface area contributed by atoms with Crippen molar-refractivity contribution in [3.05, 3.63) is 163 Å². The molecule has 2 aliphatic rings. The quantitative estimate of drug-likeness (QED) is 0.182. The molecule has 11 heteroatoms. The number of para-hydroxylation sites is 4. The highest BCUT2D eigenvalue weighted by Crippen LogP contribution is 2.56. The summed E-state index contributed by atoms with van der Waals surface area (Å²) in [6.45, 7) is 0. The van der Waals surface area contributed by atoms with E-state index in [1.54, 1.807) is 18.6 Å². The van der Waals surface area contributed by atoms with E-state index in [-0.39, 0.29) is 0 Å². The summed E-state index contributed by atoms with van der Waals surface area (Å²) < 4.78 is 0. The summed E-state index contributed by atoms with van der Waals surface area (Å²) in [5.74, 6) is 0.502. The van der Waals surface area contributed by atoms with Crippen LogP contribution >= 0.6 is 0 Å². The third kappa shape index (κ3) is 4.64. The van der Waals surface area contributed by atoms with E-state index in [2.05, 4.69) is 16.0 Å². The Morgan fingerprint density at radius 3 is 2.11 bits per heavy atom. The SMILES string of the molecule is c1ccc2c(c1)N=C1C(c3ncc4nccnc4n3)=C(c3cc4ccccc4nn3)C(c3ncc4ccccc4n3)=C(c3cnc4ccccc4n3)C12. The molecule has 1 atom stereocenters. The molecule has 1 aliphatic carbocycles. The maximum atomic E-state index is 5.34. The van der Waals surface area contributed by atoms with Gasteiger partial charge in [-0.05, 0) is 42.0 Å². The Morgan fingerprint density at radius 1 is 0.453 bits per heavy atom. The zero-order valence-electron chi connectivity index (χ0n) is 27.7. The van der Waals surface area contributed by atoms with Gasteiger partial charge in [0.05, 0.1) is 68.7 Å². The number of allylic oxidation sites excluding steroid dienone is 4. The minimum absolute atomic E-state index is 0.403. The molecule has 0 saturated heterocycles. The van der Waals surface area contributed by atoms with Gasteiger partial charge in [0.25, 0.3) is 0 Å². The molecule has 11 nitrogen and oxygen atoms in total. The smallest absolute Gasteiger partial charge is 0.181 e. The fourth-order valence-corrected chi connectivity index (χ4v) is 7.37. The van der Waals surface area contributed by atoms with Crippen LogP contribution in [0, 0.1) is 0 Å². The van der Waals surface area contributed by atoms with Crippen LogP contribution in [0.4, 0.5) is 5.69 Å². The van der Waals surface area contributed by atoms with E-state index in [4.69, 9.17) is 45.1 Å². The number of benzene rings is 4. The number of nitrogens with zero attached hydrogens (tertiary/aromatic N) is 11. The molecule has 1 aliphatic heterocycles. The molecule has 0 radical (unpaired) electrons. The molecule has 4 aromatic carbocycles. The summed E-state index contributed by atoms with van der Waals surface area (Å²) in [5, 5.41) is 11.4. The highest BCUT2D eigenvalue weighted by atomic mass is 15.1. The molecule has 0 saturated carbocycles. The molecular weight excluding hydrogens is 659 g/mol. The summed E-state index contributed by atoms with van der Waals surface area (Å²) in [6.07, 6.45) is 8.63. The Kier molecular flexibility index (Phi) is 6.34. The number of aliphatic imine (C=N–C) groups is 1. The van der Waals surface area contributed by atoms with Crippen molar-refractivity contribution in [1.29, 1.82) is 0 Å². The van der Waals surface area contributed by atoms with Crippen LogP contribution in [0.5, 0.6) is 0 Å². The van der Waals surface area contributed by atoms with Crippen molar-refractivity contribution < 1.29 is 0 Å². The number of rotatable bonds is 4. The van der Waals surface area contributed by atoms with Crippen LogP contribution in [0.3, 0.4) is 0 Å². The Morgan fingerprint density at radius 2 is 1.19 bits per heavy atom. The van der Waals surface area contributed by atoms with Gasteiger partial charge in [0.15, 0.2) is 17.3 Å². The topological polar surface area (TPSA) is 141 Å². The largest absolute Gasteiger partial charge is 0.252 e. The van der Waals surface area contributed by atoms with E-state index in [1.165, 1.54) is 0 Å². The molecule has 0 amide bonds. The molecule has 0 bridgehead atoms. The Labute approximate surface area is 300 Å². The van der Waals surface area contributed by atoms with Crippen LogP contribution in [0.15, 0.2) is 139 Å². The van der Waals surface area contributed by atoms with Crippen LogP contribution in [0.2, 0.25) is 0 Å². The third-order valence-electron chi connectivity index (χ3n) is 9.71. The van der Waals surface area contributed by atoms with E-state index < -0.39 is 5.92 Å². The molecule has 11 rings (SSSR count). The first kappa shape index (κ1) is 29.2. The van der Waals surface area contributed by atoms with Crippen LogP contribution in [0.25, 0.3) is 66.3 Å². The number of hydrogen-bond donors (Lipinski definition) is 0. The van der Waals surface area contributed by atoms with Crippen LogP contribution in [0.1, 0.15) is 34.5 Å². The monoisotopic (exact) mass is 681 g/mol. The van der Waals surface area contributed by atoms with Crippen molar-refractivity contribution in [3.63, 3.8) is 0 Å². The van der Waals surface area contributed by atoms with Gasteiger partial charge in [-0.1, -0.05) is 66.7 Å². The first-order valence-electron chi connectivity index (χ1n) is 17.0. The van der Waals surface area contributed by atoms with Gasteiger partial charge >= 0.3 is 0 Å². The van der Waals surface area contributed by atoms with Crippen molar-refractivity contribution in [2.45, 2.75) is 5.92 Å². The van der Waals surface area contributed by atoms with E-state index >= 15 is 0 Å². The molecule has 0 spiro atoms. The second-order valence-corrected chi connectivity index (χ2v) is 12.8. The minimum Gasteiger partial charge on any atom is -0.252 e. The standard InChI is InChI=1S/C42H23N11/c1-5-13-27-23(9-1)19-31(53-52-27)35-37(41-46-20-24-10-2-4-12-26(24)50-41)36(32-21-45-29-15-7-8-16-30(29)48-32)34-25-11-3-6-14-28(25)49-39(34)38(35)42-47-22-33-40(51-42)44-18-17-43-33/h1-22,34H. The average Bonchev–Trinajstić information content (AvgIpc) is 3.61. The van der Waals surface area contributed by atoms with Gasteiger partial charge in [0.2, 0.25) is 0 Å². The third-order valence-corrected chi connectivity index (χ3v) is 9.71. The van der Waals surface area contributed by atoms with Crippen molar-refractivity contribution in [1.82, 2.24) is 50.1 Å².